The fraction of sp³-hybridized carbons (Fsp3) is 0.455. The van der Waals surface area contributed by atoms with Gasteiger partial charge >= 0.3 is 0 Å². The van der Waals surface area contributed by atoms with Crippen LogP contribution in [0.15, 0.2) is 23.4 Å². The number of hydrogen-bond acceptors (Lipinski definition) is 4. The topological polar surface area (TPSA) is 70.6 Å². The minimum atomic E-state index is -3.82. The summed E-state index contributed by atoms with van der Waals surface area (Å²) in [6, 6.07) is 1.40. The van der Waals surface area contributed by atoms with Gasteiger partial charge in [-0.2, -0.15) is 4.31 Å². The molecule has 0 unspecified atom stereocenters. The van der Waals surface area contributed by atoms with E-state index < -0.39 is 10.0 Å². The summed E-state index contributed by atoms with van der Waals surface area (Å²) in [5.74, 6) is -0.301. The van der Waals surface area contributed by atoms with Crippen molar-refractivity contribution in [2.24, 2.45) is 0 Å². The number of carbonyl (C=O) groups excluding carboxylic acids is 1. The second-order valence-corrected chi connectivity index (χ2v) is 6.34. The molecule has 1 aromatic rings. The highest BCUT2D eigenvalue weighted by Gasteiger charge is 2.27. The number of likely N-dealkylation sites (N-methyl/N-ethyl adjacent to an activating group) is 2. The highest BCUT2D eigenvalue weighted by atomic mass is 35.5. The van der Waals surface area contributed by atoms with E-state index in [9.17, 15) is 13.2 Å². The Bertz CT molecular complexity index is 560. The molecule has 0 N–H and O–H groups in total. The van der Waals surface area contributed by atoms with Gasteiger partial charge in [-0.25, -0.2) is 8.42 Å². The lowest BCUT2D eigenvalue weighted by Gasteiger charge is -2.22. The second kappa shape index (κ2) is 6.31. The van der Waals surface area contributed by atoms with E-state index in [0.29, 0.717) is 0 Å². The van der Waals surface area contributed by atoms with Crippen molar-refractivity contribution in [3.05, 3.63) is 23.5 Å². The molecule has 8 heteroatoms. The predicted octanol–water partition coefficient (Wildman–Crippen LogP) is 0.834. The number of rotatable bonds is 5. The molecule has 1 heterocycles. The van der Waals surface area contributed by atoms with Crippen LogP contribution < -0.4 is 0 Å². The number of pyridine rings is 1. The highest BCUT2D eigenvalue weighted by molar-refractivity contribution is 7.89. The Kier molecular flexibility index (Phi) is 5.28. The Morgan fingerprint density at radius 1 is 1.42 bits per heavy atom. The molecule has 0 fully saturated rings. The largest absolute Gasteiger partial charge is 0.348 e. The van der Waals surface area contributed by atoms with Crippen LogP contribution in [0.25, 0.3) is 0 Å². The van der Waals surface area contributed by atoms with Gasteiger partial charge in [-0.15, -0.1) is 0 Å². The van der Waals surface area contributed by atoms with E-state index in [1.807, 2.05) is 0 Å². The van der Waals surface area contributed by atoms with Gasteiger partial charge in [0.1, 0.15) is 4.90 Å². The molecular formula is C11H16ClN3O3S. The molecule has 0 radical (unpaired) electrons. The minimum absolute atomic E-state index is 0.0887. The van der Waals surface area contributed by atoms with Crippen LogP contribution in [-0.4, -0.2) is 55.7 Å². The van der Waals surface area contributed by atoms with Crippen LogP contribution in [0.2, 0.25) is 5.02 Å². The van der Waals surface area contributed by atoms with Crippen LogP contribution in [0.5, 0.6) is 0 Å². The summed E-state index contributed by atoms with van der Waals surface area (Å²) in [4.78, 5) is 16.6. The normalized spacial score (nSPS) is 11.6. The van der Waals surface area contributed by atoms with Crippen LogP contribution in [-0.2, 0) is 14.8 Å². The molecule has 0 bridgehead atoms. The first kappa shape index (κ1) is 15.9. The van der Waals surface area contributed by atoms with Crippen LogP contribution in [0, 0.1) is 0 Å². The van der Waals surface area contributed by atoms with Crippen molar-refractivity contribution in [3.63, 3.8) is 0 Å². The first-order valence-electron chi connectivity index (χ1n) is 5.60. The van der Waals surface area contributed by atoms with Gasteiger partial charge in [0.15, 0.2) is 0 Å². The molecule has 1 amide bonds. The molecule has 0 aliphatic rings. The van der Waals surface area contributed by atoms with Gasteiger partial charge in [0.2, 0.25) is 15.9 Å². The van der Waals surface area contributed by atoms with Crippen molar-refractivity contribution < 1.29 is 13.2 Å². The highest BCUT2D eigenvalue weighted by Crippen LogP contribution is 2.22. The smallest absolute Gasteiger partial charge is 0.246 e. The molecule has 1 aromatic heterocycles. The van der Waals surface area contributed by atoms with Gasteiger partial charge < -0.3 is 4.90 Å². The zero-order valence-electron chi connectivity index (χ0n) is 11.0. The van der Waals surface area contributed by atoms with Crippen LogP contribution >= 0.6 is 11.6 Å². The summed E-state index contributed by atoms with van der Waals surface area (Å²) in [6.45, 7) is 1.61. The molecule has 6 nitrogen and oxygen atoms in total. The lowest BCUT2D eigenvalue weighted by molar-refractivity contribution is -0.128. The molecule has 0 atom stereocenters. The number of carbonyl (C=O) groups is 1. The lowest BCUT2D eigenvalue weighted by atomic mass is 10.5. The van der Waals surface area contributed by atoms with Crippen molar-refractivity contribution in [3.8, 4) is 0 Å². The maximum atomic E-state index is 12.4. The van der Waals surface area contributed by atoms with E-state index in [1.54, 1.807) is 21.0 Å². The van der Waals surface area contributed by atoms with E-state index in [4.69, 9.17) is 11.6 Å². The zero-order valence-corrected chi connectivity index (χ0v) is 12.6. The van der Waals surface area contributed by atoms with Crippen molar-refractivity contribution in [1.29, 1.82) is 0 Å². The average Bonchev–Trinajstić information content (AvgIpc) is 2.35. The third-order valence-electron chi connectivity index (χ3n) is 2.52. The fourth-order valence-electron chi connectivity index (χ4n) is 1.35. The maximum absolute atomic E-state index is 12.4. The lowest BCUT2D eigenvalue weighted by Crippen LogP contribution is -2.40. The molecule has 0 aliphatic heterocycles. The third-order valence-corrected chi connectivity index (χ3v) is 4.90. The van der Waals surface area contributed by atoms with Gasteiger partial charge in [-0.05, 0) is 6.07 Å². The number of halogens is 1. The van der Waals surface area contributed by atoms with Crippen molar-refractivity contribution >= 4 is 27.5 Å². The molecular weight excluding hydrogens is 290 g/mol. The average molecular weight is 306 g/mol. The standard InChI is InChI=1S/C11H16ClN3O3S/c1-4-15(8-11(16)14(2)3)19(17,18)10-7-13-6-5-9(10)12/h5-7H,4,8H2,1-3H3. The van der Waals surface area contributed by atoms with Crippen molar-refractivity contribution in [2.75, 3.05) is 27.2 Å². The molecule has 0 aromatic carbocycles. The Morgan fingerprint density at radius 3 is 2.53 bits per heavy atom. The summed E-state index contributed by atoms with van der Waals surface area (Å²) >= 11 is 5.87. The van der Waals surface area contributed by atoms with Crippen LogP contribution in [0.3, 0.4) is 0 Å². The number of aromatic nitrogens is 1. The van der Waals surface area contributed by atoms with Crippen molar-refractivity contribution in [1.82, 2.24) is 14.2 Å². The van der Waals surface area contributed by atoms with Gasteiger partial charge in [-0.1, -0.05) is 18.5 Å². The fourth-order valence-corrected chi connectivity index (χ4v) is 3.16. The van der Waals surface area contributed by atoms with Crippen LogP contribution in [0.4, 0.5) is 0 Å². The first-order chi connectivity index (χ1) is 8.80. The predicted molar refractivity (Wildman–Crippen MR) is 72.4 cm³/mol. The summed E-state index contributed by atoms with van der Waals surface area (Å²) in [5, 5.41) is 0.0887. The summed E-state index contributed by atoms with van der Waals surface area (Å²) < 4.78 is 25.8. The second-order valence-electron chi connectivity index (χ2n) is 4.03. The van der Waals surface area contributed by atoms with E-state index in [2.05, 4.69) is 4.98 Å². The van der Waals surface area contributed by atoms with E-state index in [1.165, 1.54) is 23.4 Å². The zero-order chi connectivity index (χ0) is 14.6. The molecule has 0 spiro atoms. The Hall–Kier alpha value is -1.18. The molecule has 106 valence electrons. The summed E-state index contributed by atoms with van der Waals surface area (Å²) in [7, 11) is -0.680. The molecule has 19 heavy (non-hydrogen) atoms. The number of hydrogen-bond donors (Lipinski definition) is 0. The number of sulfonamides is 1. The van der Waals surface area contributed by atoms with Gasteiger partial charge in [0, 0.05) is 33.0 Å². The minimum Gasteiger partial charge on any atom is -0.348 e. The molecule has 1 rings (SSSR count). The quantitative estimate of drug-likeness (QED) is 0.808. The maximum Gasteiger partial charge on any atom is 0.246 e. The van der Waals surface area contributed by atoms with Gasteiger partial charge in [0.05, 0.1) is 11.6 Å². The van der Waals surface area contributed by atoms with Gasteiger partial charge in [-0.3, -0.25) is 9.78 Å². The Labute approximate surface area is 118 Å². The SMILES string of the molecule is CCN(CC(=O)N(C)C)S(=O)(=O)c1cnccc1Cl. The summed E-state index contributed by atoms with van der Waals surface area (Å²) in [5.41, 5.74) is 0. The number of nitrogens with zero attached hydrogens (tertiary/aromatic N) is 3. The van der Waals surface area contributed by atoms with E-state index in [-0.39, 0.29) is 28.9 Å². The first-order valence-corrected chi connectivity index (χ1v) is 7.42. The van der Waals surface area contributed by atoms with E-state index >= 15 is 0 Å². The Balaban J connectivity index is 3.10. The third kappa shape index (κ3) is 3.65. The molecule has 0 saturated heterocycles. The number of amides is 1. The molecule has 0 saturated carbocycles. The van der Waals surface area contributed by atoms with Crippen molar-refractivity contribution in [2.45, 2.75) is 11.8 Å². The monoisotopic (exact) mass is 305 g/mol. The van der Waals surface area contributed by atoms with Gasteiger partial charge in [0.25, 0.3) is 0 Å². The van der Waals surface area contributed by atoms with E-state index in [0.717, 1.165) is 4.31 Å². The van der Waals surface area contributed by atoms with Crippen LogP contribution in [0.1, 0.15) is 6.92 Å². The Morgan fingerprint density at radius 2 is 2.05 bits per heavy atom. The molecule has 0 aliphatic carbocycles. The summed E-state index contributed by atoms with van der Waals surface area (Å²) in [6.07, 6.45) is 2.59.